The van der Waals surface area contributed by atoms with Gasteiger partial charge in [0.05, 0.1) is 38.5 Å². The van der Waals surface area contributed by atoms with Gasteiger partial charge >= 0.3 is 0 Å². The lowest BCUT2D eigenvalue weighted by Gasteiger charge is -2.02. The summed E-state index contributed by atoms with van der Waals surface area (Å²) >= 11 is 1.63. The quantitative estimate of drug-likeness (QED) is 0.442. The third-order valence-corrected chi connectivity index (χ3v) is 5.57. The van der Waals surface area contributed by atoms with Crippen molar-refractivity contribution in [1.29, 1.82) is 5.26 Å². The van der Waals surface area contributed by atoms with Crippen molar-refractivity contribution in [2.24, 2.45) is 0 Å². The average molecular weight is 378 g/mol. The summed E-state index contributed by atoms with van der Waals surface area (Å²) in [5, 5.41) is 10.1. The van der Waals surface area contributed by atoms with Gasteiger partial charge in [0, 0.05) is 0 Å². The summed E-state index contributed by atoms with van der Waals surface area (Å²) in [4.78, 5) is 13.0. The number of para-hydroxylation sites is 3. The molecule has 0 bridgehead atoms. The lowest BCUT2D eigenvalue weighted by molar-refractivity contribution is 1.25. The molecular weight excluding hydrogens is 364 g/mol. The van der Waals surface area contributed by atoms with Gasteiger partial charge in [0.1, 0.15) is 10.8 Å². The summed E-state index contributed by atoms with van der Waals surface area (Å²) in [6, 6.07) is 25.8. The topological polar surface area (TPSA) is 65.4 Å². The Hall–Kier alpha value is -3.75. The molecule has 5 rings (SSSR count). The minimum absolute atomic E-state index is 0.627. The molecule has 0 radical (unpaired) electrons. The summed E-state index contributed by atoms with van der Waals surface area (Å²) in [5.74, 6) is 0.766. The zero-order valence-electron chi connectivity index (χ0n) is 14.8. The second-order valence-electron chi connectivity index (χ2n) is 6.38. The van der Waals surface area contributed by atoms with E-state index in [1.165, 1.54) is 0 Å². The Bertz CT molecular complexity index is 1240. The molecule has 0 saturated carbocycles. The van der Waals surface area contributed by atoms with Crippen molar-refractivity contribution in [2.45, 2.75) is 0 Å². The standard InChI is InChI=1S/C23H14N4S/c24-14-16-7-5-6-15(12-16)13-17(22-25-18-8-1-2-9-19(18)26-22)23-27-20-10-3-4-11-21(20)28-23/h1-13H,(H,25,26)/b17-13+. The summed E-state index contributed by atoms with van der Waals surface area (Å²) in [7, 11) is 0. The minimum atomic E-state index is 0.627. The predicted molar refractivity (Wildman–Crippen MR) is 114 cm³/mol. The van der Waals surface area contributed by atoms with Crippen LogP contribution in [-0.4, -0.2) is 15.0 Å². The molecule has 0 unspecified atom stereocenters. The highest BCUT2D eigenvalue weighted by molar-refractivity contribution is 7.19. The molecule has 0 atom stereocenters. The zero-order valence-corrected chi connectivity index (χ0v) is 15.6. The smallest absolute Gasteiger partial charge is 0.141 e. The van der Waals surface area contributed by atoms with E-state index in [1.54, 1.807) is 17.4 Å². The molecule has 0 amide bonds. The molecule has 2 heterocycles. The number of hydrogen-bond acceptors (Lipinski definition) is 4. The van der Waals surface area contributed by atoms with Crippen molar-refractivity contribution in [3.63, 3.8) is 0 Å². The number of aromatic nitrogens is 3. The highest BCUT2D eigenvalue weighted by Gasteiger charge is 2.15. The number of nitrogens with zero attached hydrogens (tertiary/aromatic N) is 3. The Morgan fingerprint density at radius 3 is 2.57 bits per heavy atom. The van der Waals surface area contributed by atoms with E-state index in [2.05, 4.69) is 17.1 Å². The molecule has 0 fully saturated rings. The molecule has 132 valence electrons. The summed E-state index contributed by atoms with van der Waals surface area (Å²) < 4.78 is 1.13. The van der Waals surface area contributed by atoms with Crippen LogP contribution in [0.15, 0.2) is 72.8 Å². The van der Waals surface area contributed by atoms with Gasteiger partial charge in [0.2, 0.25) is 0 Å². The number of rotatable bonds is 3. The lowest BCUT2D eigenvalue weighted by Crippen LogP contribution is -1.90. The van der Waals surface area contributed by atoms with Gasteiger partial charge in [-0.15, -0.1) is 11.3 Å². The molecule has 5 heteroatoms. The molecule has 1 N–H and O–H groups in total. The second-order valence-corrected chi connectivity index (χ2v) is 7.42. The predicted octanol–water partition coefficient (Wildman–Crippen LogP) is 5.63. The van der Waals surface area contributed by atoms with Crippen LogP contribution >= 0.6 is 11.3 Å². The van der Waals surface area contributed by atoms with Crippen molar-refractivity contribution in [1.82, 2.24) is 15.0 Å². The van der Waals surface area contributed by atoms with E-state index in [1.807, 2.05) is 66.7 Å². The van der Waals surface area contributed by atoms with E-state index in [9.17, 15) is 5.26 Å². The number of benzene rings is 3. The highest BCUT2D eigenvalue weighted by Crippen LogP contribution is 2.32. The lowest BCUT2D eigenvalue weighted by atomic mass is 10.1. The zero-order chi connectivity index (χ0) is 18.9. The van der Waals surface area contributed by atoms with Crippen LogP contribution in [0, 0.1) is 11.3 Å². The van der Waals surface area contributed by atoms with Crippen LogP contribution in [0.2, 0.25) is 0 Å². The normalized spacial score (nSPS) is 11.8. The van der Waals surface area contributed by atoms with Gasteiger partial charge in [0.25, 0.3) is 0 Å². The van der Waals surface area contributed by atoms with Gasteiger partial charge < -0.3 is 4.98 Å². The Morgan fingerprint density at radius 2 is 1.75 bits per heavy atom. The Balaban J connectivity index is 1.73. The molecule has 0 aliphatic heterocycles. The fourth-order valence-electron chi connectivity index (χ4n) is 3.16. The van der Waals surface area contributed by atoms with Crippen LogP contribution in [0.5, 0.6) is 0 Å². The third kappa shape index (κ3) is 2.96. The number of thiazole rings is 1. The molecule has 0 aliphatic carbocycles. The minimum Gasteiger partial charge on any atom is -0.338 e. The van der Waals surface area contributed by atoms with E-state index in [0.29, 0.717) is 5.56 Å². The molecular formula is C23H14N4S. The highest BCUT2D eigenvalue weighted by atomic mass is 32.1. The number of H-pyrrole nitrogens is 1. The Morgan fingerprint density at radius 1 is 0.929 bits per heavy atom. The molecule has 0 saturated heterocycles. The van der Waals surface area contributed by atoms with Gasteiger partial charge in [-0.2, -0.15) is 5.26 Å². The number of nitrogens with one attached hydrogen (secondary N) is 1. The largest absolute Gasteiger partial charge is 0.338 e. The first-order chi connectivity index (χ1) is 13.8. The van der Waals surface area contributed by atoms with Gasteiger partial charge in [-0.1, -0.05) is 36.4 Å². The summed E-state index contributed by atoms with van der Waals surface area (Å²) in [6.07, 6.45) is 2.04. The van der Waals surface area contributed by atoms with E-state index in [0.717, 1.165) is 43.2 Å². The van der Waals surface area contributed by atoms with E-state index in [-0.39, 0.29) is 0 Å². The van der Waals surface area contributed by atoms with Gasteiger partial charge in [-0.25, -0.2) is 9.97 Å². The van der Waals surface area contributed by atoms with Crippen molar-refractivity contribution >= 4 is 44.2 Å². The number of imidazole rings is 1. The second kappa shape index (κ2) is 6.76. The number of aromatic amines is 1. The van der Waals surface area contributed by atoms with Crippen LogP contribution in [-0.2, 0) is 0 Å². The van der Waals surface area contributed by atoms with Crippen LogP contribution in [0.25, 0.3) is 32.9 Å². The van der Waals surface area contributed by atoms with E-state index in [4.69, 9.17) is 9.97 Å². The van der Waals surface area contributed by atoms with Crippen LogP contribution in [0.4, 0.5) is 0 Å². The van der Waals surface area contributed by atoms with Gasteiger partial charge in [0.15, 0.2) is 0 Å². The van der Waals surface area contributed by atoms with E-state index >= 15 is 0 Å². The van der Waals surface area contributed by atoms with Crippen molar-refractivity contribution in [3.05, 3.63) is 94.8 Å². The van der Waals surface area contributed by atoms with Gasteiger partial charge in [-0.05, 0) is 48.0 Å². The first-order valence-corrected chi connectivity index (χ1v) is 9.65. The third-order valence-electron chi connectivity index (χ3n) is 4.50. The Labute approximate surface area is 165 Å². The number of hydrogen-bond donors (Lipinski definition) is 1. The first kappa shape index (κ1) is 16.4. The summed E-state index contributed by atoms with van der Waals surface area (Å²) in [6.45, 7) is 0. The molecule has 0 spiro atoms. The molecule has 4 nitrogen and oxygen atoms in total. The average Bonchev–Trinajstić information content (AvgIpc) is 3.36. The molecule has 3 aromatic carbocycles. The van der Waals surface area contributed by atoms with Crippen molar-refractivity contribution in [2.75, 3.05) is 0 Å². The fourth-order valence-corrected chi connectivity index (χ4v) is 4.15. The maximum Gasteiger partial charge on any atom is 0.141 e. The van der Waals surface area contributed by atoms with Crippen molar-refractivity contribution < 1.29 is 0 Å². The maximum absolute atomic E-state index is 9.22. The van der Waals surface area contributed by atoms with Crippen LogP contribution in [0.3, 0.4) is 0 Å². The molecule has 28 heavy (non-hydrogen) atoms. The molecule has 0 aliphatic rings. The first-order valence-electron chi connectivity index (χ1n) is 8.83. The van der Waals surface area contributed by atoms with Crippen LogP contribution in [0.1, 0.15) is 22.0 Å². The fraction of sp³-hybridized carbons (Fsp3) is 0. The number of fused-ring (bicyclic) bond motifs is 2. The summed E-state index contributed by atoms with van der Waals surface area (Å²) in [5.41, 5.74) is 5.34. The maximum atomic E-state index is 9.22. The van der Waals surface area contributed by atoms with Gasteiger partial charge in [-0.3, -0.25) is 0 Å². The van der Waals surface area contributed by atoms with Crippen LogP contribution < -0.4 is 0 Å². The number of nitriles is 1. The van der Waals surface area contributed by atoms with E-state index < -0.39 is 0 Å². The Kier molecular flexibility index (Phi) is 3.97. The molecule has 2 aromatic heterocycles. The van der Waals surface area contributed by atoms with Crippen molar-refractivity contribution in [3.8, 4) is 6.07 Å². The monoisotopic (exact) mass is 378 g/mol. The SMILES string of the molecule is N#Cc1cccc(/C=C(\c2nc3ccccc3[nH]2)c2nc3ccccc3s2)c1. The molecule has 5 aromatic rings.